The van der Waals surface area contributed by atoms with Crippen LogP contribution in [0.5, 0.6) is 5.75 Å². The van der Waals surface area contributed by atoms with Crippen molar-refractivity contribution >= 4 is 23.4 Å². The quantitative estimate of drug-likeness (QED) is 0.444. The van der Waals surface area contributed by atoms with Crippen LogP contribution in [0, 0.1) is 6.92 Å². The lowest BCUT2D eigenvalue weighted by Gasteiger charge is -2.27. The van der Waals surface area contributed by atoms with E-state index in [-0.39, 0.29) is 23.0 Å². The number of thiazole rings is 1. The average Bonchev–Trinajstić information content (AvgIpc) is 3.12. The highest BCUT2D eigenvalue weighted by Gasteiger charge is 2.33. The van der Waals surface area contributed by atoms with Gasteiger partial charge in [-0.1, -0.05) is 82.7 Å². The molecule has 206 valence electrons. The Morgan fingerprint density at radius 2 is 1.62 bits per heavy atom. The molecule has 1 aliphatic heterocycles. The van der Waals surface area contributed by atoms with Crippen LogP contribution in [0.15, 0.2) is 57.5 Å². The van der Waals surface area contributed by atoms with Crippen LogP contribution in [-0.2, 0) is 20.4 Å². The molecule has 2 heterocycles. The van der Waals surface area contributed by atoms with Crippen molar-refractivity contribution < 1.29 is 14.6 Å². The number of aryl methyl sites for hydroxylation is 1. The number of benzene rings is 2. The zero-order valence-electron chi connectivity index (χ0n) is 24.3. The third-order valence-electron chi connectivity index (χ3n) is 6.96. The van der Waals surface area contributed by atoms with Gasteiger partial charge in [-0.05, 0) is 60.9 Å². The fourth-order valence-corrected chi connectivity index (χ4v) is 5.94. The molecule has 0 bridgehead atoms. The van der Waals surface area contributed by atoms with E-state index in [1.54, 1.807) is 18.4 Å². The summed E-state index contributed by atoms with van der Waals surface area (Å²) in [6.45, 7) is 18.2. The summed E-state index contributed by atoms with van der Waals surface area (Å²) < 4.78 is 7.50. The van der Waals surface area contributed by atoms with Gasteiger partial charge >= 0.3 is 5.97 Å². The fraction of sp³-hybridized carbons (Fsp3) is 0.406. The van der Waals surface area contributed by atoms with Gasteiger partial charge in [0.15, 0.2) is 4.80 Å². The number of phenolic OH excluding ortho intramolecular Hbond substituents is 1. The summed E-state index contributed by atoms with van der Waals surface area (Å²) in [4.78, 5) is 32.3. The number of rotatable bonds is 4. The van der Waals surface area contributed by atoms with Gasteiger partial charge in [-0.15, -0.1) is 0 Å². The Bertz CT molecular complexity index is 1610. The molecular formula is C32H38N2O4S. The number of carbonyl (C=O) groups is 1. The number of ether oxygens (including phenoxy) is 1. The highest BCUT2D eigenvalue weighted by atomic mass is 32.1. The molecule has 0 saturated heterocycles. The monoisotopic (exact) mass is 546 g/mol. The van der Waals surface area contributed by atoms with Gasteiger partial charge in [0.2, 0.25) is 0 Å². The van der Waals surface area contributed by atoms with Crippen molar-refractivity contribution in [2.45, 2.75) is 79.2 Å². The number of hydrogen-bond acceptors (Lipinski definition) is 6. The molecule has 3 aromatic rings. The Labute approximate surface area is 234 Å². The van der Waals surface area contributed by atoms with Crippen molar-refractivity contribution in [2.24, 2.45) is 4.99 Å². The van der Waals surface area contributed by atoms with Crippen LogP contribution < -0.4 is 14.9 Å². The molecule has 1 N–H and O–H groups in total. The molecule has 39 heavy (non-hydrogen) atoms. The number of fused-ring (bicyclic) bond motifs is 1. The van der Waals surface area contributed by atoms with E-state index >= 15 is 0 Å². The lowest BCUT2D eigenvalue weighted by atomic mass is 9.78. The van der Waals surface area contributed by atoms with Crippen LogP contribution >= 0.6 is 11.3 Å². The first-order chi connectivity index (χ1) is 18.1. The lowest BCUT2D eigenvalue weighted by Crippen LogP contribution is -2.39. The summed E-state index contributed by atoms with van der Waals surface area (Å²) in [5.41, 5.74) is 4.50. The molecule has 7 heteroatoms. The Morgan fingerprint density at radius 3 is 2.13 bits per heavy atom. The van der Waals surface area contributed by atoms with E-state index < -0.39 is 12.0 Å². The van der Waals surface area contributed by atoms with Crippen molar-refractivity contribution in [3.05, 3.63) is 95.2 Å². The van der Waals surface area contributed by atoms with Gasteiger partial charge in [-0.25, -0.2) is 9.79 Å². The van der Waals surface area contributed by atoms with E-state index in [0.717, 1.165) is 27.8 Å². The molecule has 6 nitrogen and oxygen atoms in total. The molecule has 4 rings (SSSR count). The number of aromatic hydroxyl groups is 1. The van der Waals surface area contributed by atoms with Gasteiger partial charge in [0.05, 0.1) is 28.5 Å². The van der Waals surface area contributed by atoms with Crippen LogP contribution in [0.3, 0.4) is 0 Å². The van der Waals surface area contributed by atoms with E-state index in [0.29, 0.717) is 26.4 Å². The van der Waals surface area contributed by atoms with E-state index in [2.05, 4.69) is 46.5 Å². The number of hydrogen-bond donors (Lipinski definition) is 1. The number of esters is 1. The lowest BCUT2D eigenvalue weighted by molar-refractivity contribution is -0.139. The second kappa shape index (κ2) is 10.3. The molecule has 0 saturated carbocycles. The Hall–Kier alpha value is -3.45. The molecule has 0 amide bonds. The van der Waals surface area contributed by atoms with Crippen molar-refractivity contribution in [1.29, 1.82) is 0 Å². The number of aromatic nitrogens is 1. The summed E-state index contributed by atoms with van der Waals surface area (Å²) in [7, 11) is 0. The molecule has 2 aromatic carbocycles. The summed E-state index contributed by atoms with van der Waals surface area (Å²) in [5, 5.41) is 11.1. The Kier molecular flexibility index (Phi) is 7.52. The summed E-state index contributed by atoms with van der Waals surface area (Å²) in [5.74, 6) is -0.176. The molecule has 1 aromatic heterocycles. The number of carbonyl (C=O) groups excluding carboxylic acids is 1. The van der Waals surface area contributed by atoms with Gasteiger partial charge < -0.3 is 9.84 Å². The minimum Gasteiger partial charge on any atom is -0.507 e. The van der Waals surface area contributed by atoms with Gasteiger partial charge in [0.1, 0.15) is 5.75 Å². The highest BCUT2D eigenvalue weighted by molar-refractivity contribution is 7.07. The summed E-state index contributed by atoms with van der Waals surface area (Å²) in [6, 6.07) is 11.1. The Morgan fingerprint density at radius 1 is 1.05 bits per heavy atom. The van der Waals surface area contributed by atoms with Gasteiger partial charge in [0, 0.05) is 11.1 Å². The minimum atomic E-state index is -0.641. The predicted molar refractivity (Wildman–Crippen MR) is 157 cm³/mol. The van der Waals surface area contributed by atoms with Crippen LogP contribution in [0.1, 0.15) is 89.2 Å². The van der Waals surface area contributed by atoms with E-state index in [1.165, 1.54) is 11.3 Å². The van der Waals surface area contributed by atoms with Crippen molar-refractivity contribution in [2.75, 3.05) is 6.61 Å². The third-order valence-corrected chi connectivity index (χ3v) is 7.94. The first kappa shape index (κ1) is 28.6. The molecule has 0 unspecified atom stereocenters. The third kappa shape index (κ3) is 5.50. The first-order valence-electron chi connectivity index (χ1n) is 13.3. The summed E-state index contributed by atoms with van der Waals surface area (Å²) >= 11 is 1.30. The maximum Gasteiger partial charge on any atom is 0.338 e. The predicted octanol–water partition coefficient (Wildman–Crippen LogP) is 5.41. The molecular weight excluding hydrogens is 508 g/mol. The second-order valence-corrected chi connectivity index (χ2v) is 13.2. The zero-order valence-corrected chi connectivity index (χ0v) is 25.1. The molecule has 1 atom stereocenters. The average molecular weight is 547 g/mol. The van der Waals surface area contributed by atoms with E-state index in [4.69, 9.17) is 4.74 Å². The topological polar surface area (TPSA) is 80.9 Å². The molecule has 0 radical (unpaired) electrons. The SMILES string of the molecule is CCOC(=O)C1=C(C)N=c2s/c(=C\c3cc(C(C)(C)C)c(O)c(C(C)(C)C)c3)c(=O)n2[C@@H]1c1ccc(C)cc1. The molecule has 0 spiro atoms. The van der Waals surface area contributed by atoms with Crippen LogP contribution in [0.25, 0.3) is 6.08 Å². The van der Waals surface area contributed by atoms with E-state index in [1.807, 2.05) is 49.4 Å². The van der Waals surface area contributed by atoms with Gasteiger partial charge in [-0.3, -0.25) is 9.36 Å². The standard InChI is InChI=1S/C32H38N2O4S/c1-10-38-29(37)25-19(3)33-30-34(26(25)21-13-11-18(2)12-14-21)28(36)24(39-30)17-20-15-22(31(4,5)6)27(35)23(16-20)32(7,8)9/h11-17,26,35H,10H2,1-9H3/b24-17-/t26-/m1/s1. The molecule has 0 fully saturated rings. The first-order valence-corrected chi connectivity index (χ1v) is 14.1. The normalized spacial score (nSPS) is 16.2. The molecule has 1 aliphatic rings. The Balaban J connectivity index is 1.99. The van der Waals surface area contributed by atoms with Crippen molar-refractivity contribution in [1.82, 2.24) is 4.57 Å². The minimum absolute atomic E-state index is 0.221. The maximum absolute atomic E-state index is 14.0. The molecule has 0 aliphatic carbocycles. The van der Waals surface area contributed by atoms with Gasteiger partial charge in [0.25, 0.3) is 5.56 Å². The van der Waals surface area contributed by atoms with Crippen LogP contribution in [0.2, 0.25) is 0 Å². The summed E-state index contributed by atoms with van der Waals surface area (Å²) in [6.07, 6.45) is 1.86. The largest absolute Gasteiger partial charge is 0.507 e. The number of phenols is 1. The second-order valence-electron chi connectivity index (χ2n) is 12.2. The van der Waals surface area contributed by atoms with Crippen LogP contribution in [0.4, 0.5) is 0 Å². The van der Waals surface area contributed by atoms with Crippen LogP contribution in [-0.4, -0.2) is 22.2 Å². The maximum atomic E-state index is 14.0. The highest BCUT2D eigenvalue weighted by Crippen LogP contribution is 2.40. The number of nitrogens with zero attached hydrogens (tertiary/aromatic N) is 2. The smallest absolute Gasteiger partial charge is 0.338 e. The number of allylic oxidation sites excluding steroid dienone is 1. The van der Waals surface area contributed by atoms with E-state index in [9.17, 15) is 14.7 Å². The van der Waals surface area contributed by atoms with Crippen molar-refractivity contribution in [3.8, 4) is 5.75 Å². The van der Waals surface area contributed by atoms with Gasteiger partial charge in [-0.2, -0.15) is 0 Å². The van der Waals surface area contributed by atoms with Crippen molar-refractivity contribution in [3.63, 3.8) is 0 Å². The zero-order chi connectivity index (χ0) is 28.9. The fourth-order valence-electron chi connectivity index (χ4n) is 4.89.